The second-order valence-corrected chi connectivity index (χ2v) is 13.7. The highest BCUT2D eigenvalue weighted by Crippen LogP contribution is 2.35. The molecule has 2 fully saturated rings. The van der Waals surface area contributed by atoms with Gasteiger partial charge >= 0.3 is 0 Å². The monoisotopic (exact) mass is 749 g/mol. The van der Waals surface area contributed by atoms with Crippen molar-refractivity contribution in [3.05, 3.63) is 77.1 Å². The molecule has 0 spiro atoms. The van der Waals surface area contributed by atoms with Gasteiger partial charge in [-0.15, -0.1) is 0 Å². The molecule has 4 heterocycles. The molecule has 17 heteroatoms. The molecule has 2 aromatic heterocycles. The highest BCUT2D eigenvalue weighted by Gasteiger charge is 2.46. The van der Waals surface area contributed by atoms with Crippen LogP contribution in [0.3, 0.4) is 0 Å². The average molecular weight is 750 g/mol. The molecule has 4 N–H and O–H groups in total. The topological polar surface area (TPSA) is 214 Å². The Morgan fingerprint density at radius 3 is 2.42 bits per heavy atom. The summed E-state index contributed by atoms with van der Waals surface area (Å²) in [5.41, 5.74) is 2.28. The van der Waals surface area contributed by atoms with E-state index in [0.29, 0.717) is 33.8 Å². The first-order valence-corrected chi connectivity index (χ1v) is 18.0. The van der Waals surface area contributed by atoms with E-state index >= 15 is 0 Å². The number of carbonyl (C=O) groups is 7. The Bertz CT molecular complexity index is 2230. The molecule has 55 heavy (non-hydrogen) atoms. The van der Waals surface area contributed by atoms with Crippen LogP contribution in [0.1, 0.15) is 86.0 Å². The minimum atomic E-state index is -1.13. The van der Waals surface area contributed by atoms with Gasteiger partial charge in [-0.05, 0) is 55.7 Å². The van der Waals surface area contributed by atoms with Gasteiger partial charge < -0.3 is 30.2 Å². The third kappa shape index (κ3) is 7.45. The lowest BCUT2D eigenvalue weighted by Crippen LogP contribution is -2.54. The van der Waals surface area contributed by atoms with E-state index in [1.165, 1.54) is 18.2 Å². The van der Waals surface area contributed by atoms with Crippen molar-refractivity contribution in [1.82, 2.24) is 40.3 Å². The van der Waals surface area contributed by atoms with Crippen molar-refractivity contribution in [3.8, 4) is 5.75 Å². The van der Waals surface area contributed by atoms with Crippen molar-refractivity contribution in [2.45, 2.75) is 50.6 Å². The number of nitrogens with zero attached hydrogens (tertiary/aromatic N) is 5. The fourth-order valence-corrected chi connectivity index (χ4v) is 7.07. The molecule has 1 unspecified atom stereocenters. The molecule has 0 bridgehead atoms. The van der Waals surface area contributed by atoms with Crippen LogP contribution >= 0.6 is 0 Å². The first-order chi connectivity index (χ1) is 26.5. The maximum Gasteiger partial charge on any atom is 0.266 e. The number of imide groups is 2. The SMILES string of the molecule is CN(C)C(=O)c1cn(C2CCCC2)c2nc(Nc3ccc(C(=O)NCCNC(=O)COc4cccc5c4C(=O)N(C4CCC(=O)NC4=O)C5=O)cc3)ncc12. The number of rotatable bonds is 12. The summed E-state index contributed by atoms with van der Waals surface area (Å²) in [6, 6.07) is 10.2. The van der Waals surface area contributed by atoms with Gasteiger partial charge in [0, 0.05) is 63.3 Å². The lowest BCUT2D eigenvalue weighted by molar-refractivity contribution is -0.136. The number of benzene rings is 2. The molecule has 3 aliphatic rings. The van der Waals surface area contributed by atoms with Gasteiger partial charge in [-0.1, -0.05) is 18.9 Å². The minimum Gasteiger partial charge on any atom is -0.483 e. The smallest absolute Gasteiger partial charge is 0.266 e. The summed E-state index contributed by atoms with van der Waals surface area (Å²) in [5.74, 6) is -3.26. The number of hydrogen-bond donors (Lipinski definition) is 4. The Morgan fingerprint density at radius 1 is 0.945 bits per heavy atom. The summed E-state index contributed by atoms with van der Waals surface area (Å²) in [5, 5.41) is 11.4. The summed E-state index contributed by atoms with van der Waals surface area (Å²) >= 11 is 0. The molecular weight excluding hydrogens is 710 g/mol. The normalized spacial score (nSPS) is 16.9. The van der Waals surface area contributed by atoms with E-state index < -0.39 is 42.2 Å². The highest BCUT2D eigenvalue weighted by atomic mass is 16.5. The molecule has 17 nitrogen and oxygen atoms in total. The van der Waals surface area contributed by atoms with Gasteiger partial charge in [-0.25, -0.2) is 4.98 Å². The van der Waals surface area contributed by atoms with E-state index in [1.807, 2.05) is 6.20 Å². The van der Waals surface area contributed by atoms with Crippen LogP contribution in [0.5, 0.6) is 5.75 Å². The van der Waals surface area contributed by atoms with Gasteiger partial charge in [0.15, 0.2) is 6.61 Å². The molecular formula is C38H39N9O8. The van der Waals surface area contributed by atoms with Crippen LogP contribution in [0.2, 0.25) is 0 Å². The Hall–Kier alpha value is -6.65. The van der Waals surface area contributed by atoms with Gasteiger partial charge in [0.25, 0.3) is 29.5 Å². The summed E-state index contributed by atoms with van der Waals surface area (Å²) in [6.07, 6.45) is 7.86. The number of nitrogens with one attached hydrogen (secondary N) is 4. The van der Waals surface area contributed by atoms with Crippen molar-refractivity contribution < 1.29 is 38.3 Å². The number of hydrogen-bond acceptors (Lipinski definition) is 11. The van der Waals surface area contributed by atoms with E-state index in [1.54, 1.807) is 49.5 Å². The largest absolute Gasteiger partial charge is 0.483 e. The van der Waals surface area contributed by atoms with Crippen molar-refractivity contribution >= 4 is 64.0 Å². The molecule has 7 rings (SSSR count). The average Bonchev–Trinajstić information content (AvgIpc) is 3.90. The summed E-state index contributed by atoms with van der Waals surface area (Å²) in [6.45, 7) is -0.269. The summed E-state index contributed by atoms with van der Waals surface area (Å²) in [7, 11) is 3.43. The van der Waals surface area contributed by atoms with Crippen molar-refractivity contribution in [1.29, 1.82) is 0 Å². The summed E-state index contributed by atoms with van der Waals surface area (Å²) in [4.78, 5) is 100.0. The Morgan fingerprint density at radius 2 is 1.69 bits per heavy atom. The predicted octanol–water partition coefficient (Wildman–Crippen LogP) is 2.32. The van der Waals surface area contributed by atoms with Crippen molar-refractivity contribution in [3.63, 3.8) is 0 Å². The van der Waals surface area contributed by atoms with Gasteiger partial charge in [0.05, 0.1) is 22.1 Å². The van der Waals surface area contributed by atoms with E-state index in [2.05, 4.69) is 30.8 Å². The second kappa shape index (κ2) is 15.4. The Kier molecular flexibility index (Phi) is 10.3. The molecule has 7 amide bonds. The molecule has 2 aromatic carbocycles. The predicted molar refractivity (Wildman–Crippen MR) is 197 cm³/mol. The molecule has 2 aliphatic heterocycles. The fraction of sp³-hybridized carbons (Fsp3) is 0.342. The van der Waals surface area contributed by atoms with Crippen LogP contribution in [0.15, 0.2) is 54.9 Å². The van der Waals surface area contributed by atoms with E-state index in [0.717, 1.165) is 30.6 Å². The standard InChI is InChI=1S/C38H39N9O8/c1-45(2)35(52)26-19-46(23-6-3-4-7-23)32-25(26)18-41-38(44-32)42-22-12-10-21(11-13-22)33(50)40-17-16-39-30(49)20-55-28-9-5-8-24-31(28)37(54)47(36(24)53)27-14-15-29(48)43-34(27)51/h5,8-13,18-19,23,27H,3-4,6-7,14-17,20H2,1-2H3,(H,39,49)(H,40,50)(H,41,42,44)(H,43,48,51). The van der Waals surface area contributed by atoms with E-state index in [-0.39, 0.29) is 60.7 Å². The minimum absolute atomic E-state index is 0.00320. The fourth-order valence-electron chi connectivity index (χ4n) is 7.07. The van der Waals surface area contributed by atoms with Crippen molar-refractivity contribution in [2.24, 2.45) is 0 Å². The third-order valence-corrected chi connectivity index (χ3v) is 9.85. The molecule has 1 aliphatic carbocycles. The molecule has 1 saturated carbocycles. The number of piperidine rings is 1. The number of aromatic nitrogens is 3. The van der Waals surface area contributed by atoms with Crippen LogP contribution in [-0.4, -0.2) is 106 Å². The maximum atomic E-state index is 13.2. The number of anilines is 2. The van der Waals surface area contributed by atoms with Crippen LogP contribution < -0.4 is 26.0 Å². The van der Waals surface area contributed by atoms with E-state index in [4.69, 9.17) is 9.72 Å². The maximum absolute atomic E-state index is 13.2. The molecule has 4 aromatic rings. The molecule has 1 saturated heterocycles. The number of amides is 7. The van der Waals surface area contributed by atoms with Crippen LogP contribution in [-0.2, 0) is 14.4 Å². The quantitative estimate of drug-likeness (QED) is 0.122. The first kappa shape index (κ1) is 36.7. The molecule has 0 radical (unpaired) electrons. The third-order valence-electron chi connectivity index (χ3n) is 9.85. The Balaban J connectivity index is 0.893. The number of carbonyl (C=O) groups excluding carboxylic acids is 7. The highest BCUT2D eigenvalue weighted by molar-refractivity contribution is 6.24. The van der Waals surface area contributed by atoms with Crippen LogP contribution in [0.25, 0.3) is 11.0 Å². The number of ether oxygens (including phenoxy) is 1. The number of fused-ring (bicyclic) bond motifs is 2. The van der Waals surface area contributed by atoms with Gasteiger partial charge in [-0.3, -0.25) is 43.8 Å². The van der Waals surface area contributed by atoms with Crippen LogP contribution in [0, 0.1) is 0 Å². The van der Waals surface area contributed by atoms with Gasteiger partial charge in [-0.2, -0.15) is 4.98 Å². The zero-order valence-corrected chi connectivity index (χ0v) is 30.2. The van der Waals surface area contributed by atoms with Gasteiger partial charge in [0.2, 0.25) is 17.8 Å². The Labute approximate surface area is 314 Å². The van der Waals surface area contributed by atoms with Gasteiger partial charge in [0.1, 0.15) is 17.4 Å². The zero-order chi connectivity index (χ0) is 38.8. The van der Waals surface area contributed by atoms with Crippen molar-refractivity contribution in [2.75, 3.05) is 39.1 Å². The lowest BCUT2D eigenvalue weighted by Gasteiger charge is -2.27. The summed E-state index contributed by atoms with van der Waals surface area (Å²) < 4.78 is 7.69. The molecule has 1 atom stereocenters. The first-order valence-electron chi connectivity index (χ1n) is 18.0. The second-order valence-electron chi connectivity index (χ2n) is 13.7. The lowest BCUT2D eigenvalue weighted by atomic mass is 10.0. The van der Waals surface area contributed by atoms with Crippen LogP contribution in [0.4, 0.5) is 11.6 Å². The zero-order valence-electron chi connectivity index (χ0n) is 30.2. The van der Waals surface area contributed by atoms with E-state index in [9.17, 15) is 33.6 Å². The molecule has 284 valence electrons.